The zero-order valence-electron chi connectivity index (χ0n) is 19.9. The van der Waals surface area contributed by atoms with Crippen LogP contribution in [0.5, 0.6) is 0 Å². The van der Waals surface area contributed by atoms with Crippen molar-refractivity contribution in [2.75, 3.05) is 6.54 Å². The number of halogens is 5. The summed E-state index contributed by atoms with van der Waals surface area (Å²) in [5.74, 6) is -2.27. The van der Waals surface area contributed by atoms with E-state index < -0.39 is 47.0 Å². The lowest BCUT2D eigenvalue weighted by Crippen LogP contribution is -2.51. The molecular formula is C25H21ClF4N4O4. The molecule has 0 spiro atoms. The van der Waals surface area contributed by atoms with Gasteiger partial charge in [-0.2, -0.15) is 13.2 Å². The highest BCUT2D eigenvalue weighted by atomic mass is 35.5. The fraction of sp³-hybridized carbons (Fsp3) is 0.240. The molecule has 2 heterocycles. The van der Waals surface area contributed by atoms with Gasteiger partial charge < -0.3 is 14.8 Å². The Kier molecular flexibility index (Phi) is 7.08. The number of alkyl halides is 3. The molecule has 13 heteroatoms. The van der Waals surface area contributed by atoms with E-state index in [4.69, 9.17) is 16.2 Å². The molecule has 0 aliphatic heterocycles. The number of carbonyl (C=O) groups excluding carboxylic acids is 1. The highest BCUT2D eigenvalue weighted by Crippen LogP contribution is 2.40. The van der Waals surface area contributed by atoms with Gasteiger partial charge in [-0.1, -0.05) is 0 Å². The third-order valence-corrected chi connectivity index (χ3v) is 6.47. The number of aliphatic hydroxyl groups is 1. The van der Waals surface area contributed by atoms with E-state index in [1.807, 2.05) is 0 Å². The van der Waals surface area contributed by atoms with Gasteiger partial charge in [0.25, 0.3) is 5.91 Å². The SMILES string of the molecule is CC(C)(NCl)c1cc(-c2ccc(F)cc2)nc(C(O)(CNC(=O)c2ccc3oc(=O)[nH]c3c2)C(F)(F)F)c1. The molecule has 0 saturated carbocycles. The quantitative estimate of drug-likeness (QED) is 0.198. The molecule has 38 heavy (non-hydrogen) atoms. The number of pyridine rings is 1. The minimum Gasteiger partial charge on any atom is -0.408 e. The minimum atomic E-state index is -5.27. The second-order valence-corrected chi connectivity index (χ2v) is 9.31. The number of amides is 1. The van der Waals surface area contributed by atoms with E-state index in [0.717, 1.165) is 18.2 Å². The zero-order valence-corrected chi connectivity index (χ0v) is 20.7. The second-order valence-electron chi connectivity index (χ2n) is 9.12. The average Bonchev–Trinajstić information content (AvgIpc) is 3.25. The first kappa shape index (κ1) is 27.3. The number of H-pyrrole nitrogens is 1. The molecule has 0 bridgehead atoms. The number of aromatic nitrogens is 2. The number of aromatic amines is 1. The molecule has 4 N–H and O–H groups in total. The van der Waals surface area contributed by atoms with Crippen LogP contribution in [0, 0.1) is 5.82 Å². The Bertz CT molecular complexity index is 1550. The molecule has 1 atom stereocenters. The maximum absolute atomic E-state index is 14.4. The van der Waals surface area contributed by atoms with Gasteiger partial charge in [0.05, 0.1) is 29.0 Å². The number of nitrogens with one attached hydrogen (secondary N) is 3. The lowest BCUT2D eigenvalue weighted by Gasteiger charge is -2.32. The van der Waals surface area contributed by atoms with E-state index in [-0.39, 0.29) is 33.5 Å². The number of fused-ring (bicyclic) bond motifs is 1. The first-order chi connectivity index (χ1) is 17.7. The summed E-state index contributed by atoms with van der Waals surface area (Å²) in [6, 6.07) is 11.2. The lowest BCUT2D eigenvalue weighted by molar-refractivity contribution is -0.265. The number of carbonyl (C=O) groups is 1. The molecule has 4 aromatic rings. The summed E-state index contributed by atoms with van der Waals surface area (Å²) >= 11 is 5.83. The molecule has 1 unspecified atom stereocenters. The van der Waals surface area contributed by atoms with Gasteiger partial charge in [-0.05, 0) is 85.8 Å². The third kappa shape index (κ3) is 5.28. The molecule has 1 amide bonds. The fourth-order valence-electron chi connectivity index (χ4n) is 3.67. The Hall–Kier alpha value is -3.74. The van der Waals surface area contributed by atoms with Crippen LogP contribution in [0.1, 0.15) is 35.5 Å². The van der Waals surface area contributed by atoms with E-state index >= 15 is 0 Å². The normalized spacial score (nSPS) is 13.9. The van der Waals surface area contributed by atoms with E-state index in [0.29, 0.717) is 0 Å². The van der Waals surface area contributed by atoms with Crippen LogP contribution < -0.4 is 15.9 Å². The highest BCUT2D eigenvalue weighted by Gasteiger charge is 2.56. The lowest BCUT2D eigenvalue weighted by atomic mass is 9.89. The number of rotatable bonds is 7. The van der Waals surface area contributed by atoms with Crippen LogP contribution in [0.15, 0.2) is 63.8 Å². The van der Waals surface area contributed by atoms with Crippen molar-refractivity contribution >= 4 is 28.8 Å². The second kappa shape index (κ2) is 9.86. The van der Waals surface area contributed by atoms with Gasteiger partial charge in [0.1, 0.15) is 5.82 Å². The van der Waals surface area contributed by atoms with E-state index in [9.17, 15) is 32.3 Å². The van der Waals surface area contributed by atoms with Crippen molar-refractivity contribution in [1.29, 1.82) is 0 Å². The number of nitrogens with zero attached hydrogens (tertiary/aromatic N) is 1. The van der Waals surface area contributed by atoms with Gasteiger partial charge in [0.15, 0.2) is 5.58 Å². The van der Waals surface area contributed by atoms with Crippen molar-refractivity contribution in [2.24, 2.45) is 0 Å². The standard InChI is InChI=1S/C25H21ClF4N4O4/c1-23(2,34-26)15-10-17(13-3-6-16(27)7-4-13)32-20(11-15)24(37,25(28,29)30)12-31-21(35)14-5-8-19-18(9-14)33-22(36)38-19/h3-11,34,37H,12H2,1-2H3,(H,31,35)(H,33,36). The molecule has 4 rings (SSSR count). The molecule has 0 aliphatic rings. The van der Waals surface area contributed by atoms with Gasteiger partial charge in [-0.3, -0.25) is 9.78 Å². The van der Waals surface area contributed by atoms with Crippen LogP contribution in [0.4, 0.5) is 17.6 Å². The number of benzene rings is 2. The maximum atomic E-state index is 14.4. The van der Waals surface area contributed by atoms with Crippen molar-refractivity contribution < 1.29 is 31.9 Å². The molecule has 8 nitrogen and oxygen atoms in total. The summed E-state index contributed by atoms with van der Waals surface area (Å²) < 4.78 is 61.4. The maximum Gasteiger partial charge on any atom is 0.424 e. The first-order valence-electron chi connectivity index (χ1n) is 11.1. The van der Waals surface area contributed by atoms with Gasteiger partial charge in [0.2, 0.25) is 5.60 Å². The van der Waals surface area contributed by atoms with Crippen LogP contribution >= 0.6 is 11.8 Å². The highest BCUT2D eigenvalue weighted by molar-refractivity contribution is 6.13. The minimum absolute atomic E-state index is 0.0147. The van der Waals surface area contributed by atoms with Crippen molar-refractivity contribution in [2.45, 2.75) is 31.2 Å². The van der Waals surface area contributed by atoms with Crippen LogP contribution in [0.2, 0.25) is 0 Å². The number of oxazole rings is 1. The van der Waals surface area contributed by atoms with Crippen LogP contribution in [-0.4, -0.2) is 33.7 Å². The average molecular weight is 553 g/mol. The molecule has 2 aromatic carbocycles. The van der Waals surface area contributed by atoms with Gasteiger partial charge >= 0.3 is 11.9 Å². The zero-order chi connectivity index (χ0) is 27.9. The predicted octanol–water partition coefficient (Wildman–Crippen LogP) is 4.48. The fourth-order valence-corrected chi connectivity index (χ4v) is 3.77. The molecule has 2 aromatic heterocycles. The predicted molar refractivity (Wildman–Crippen MR) is 131 cm³/mol. The third-order valence-electron chi connectivity index (χ3n) is 6.00. The number of hydrogen-bond acceptors (Lipinski definition) is 6. The molecular weight excluding hydrogens is 532 g/mol. The Morgan fingerprint density at radius 2 is 1.79 bits per heavy atom. The van der Waals surface area contributed by atoms with Gasteiger partial charge in [0, 0.05) is 11.1 Å². The smallest absolute Gasteiger partial charge is 0.408 e. The van der Waals surface area contributed by atoms with Gasteiger partial charge in [-0.15, -0.1) is 0 Å². The summed E-state index contributed by atoms with van der Waals surface area (Å²) in [4.78, 5) is 32.9. The molecule has 0 aliphatic carbocycles. The summed E-state index contributed by atoms with van der Waals surface area (Å²) in [6.45, 7) is 1.90. The summed E-state index contributed by atoms with van der Waals surface area (Å²) in [5.41, 5.74) is -4.72. The largest absolute Gasteiger partial charge is 0.424 e. The van der Waals surface area contributed by atoms with Crippen molar-refractivity contribution in [3.8, 4) is 11.3 Å². The van der Waals surface area contributed by atoms with Gasteiger partial charge in [-0.25, -0.2) is 19.0 Å². The Labute approximate surface area is 217 Å². The summed E-state index contributed by atoms with van der Waals surface area (Å²) in [6.07, 6.45) is -5.27. The van der Waals surface area contributed by atoms with Crippen LogP contribution in [0.3, 0.4) is 0 Å². The molecule has 0 radical (unpaired) electrons. The summed E-state index contributed by atoms with van der Waals surface area (Å²) in [7, 11) is 0. The topological polar surface area (TPSA) is 120 Å². The Morgan fingerprint density at radius 3 is 2.42 bits per heavy atom. The Balaban J connectivity index is 1.75. The monoisotopic (exact) mass is 552 g/mol. The summed E-state index contributed by atoms with van der Waals surface area (Å²) in [5, 5.41) is 13.1. The molecule has 200 valence electrons. The van der Waals surface area contributed by atoms with Crippen molar-refractivity contribution in [3.63, 3.8) is 0 Å². The van der Waals surface area contributed by atoms with Crippen LogP contribution in [-0.2, 0) is 11.1 Å². The van der Waals surface area contributed by atoms with E-state index in [1.165, 1.54) is 36.4 Å². The number of hydrogen-bond donors (Lipinski definition) is 4. The van der Waals surface area contributed by atoms with Crippen LogP contribution in [0.25, 0.3) is 22.4 Å². The van der Waals surface area contributed by atoms with E-state index in [2.05, 4.69) is 20.1 Å². The first-order valence-corrected chi connectivity index (χ1v) is 11.5. The molecule has 0 saturated heterocycles. The van der Waals surface area contributed by atoms with Crippen molar-refractivity contribution in [3.05, 3.63) is 87.8 Å². The molecule has 0 fully saturated rings. The van der Waals surface area contributed by atoms with E-state index in [1.54, 1.807) is 13.8 Å². The van der Waals surface area contributed by atoms with Crippen molar-refractivity contribution in [1.82, 2.24) is 20.1 Å². The Morgan fingerprint density at radius 1 is 1.11 bits per heavy atom.